The predicted octanol–water partition coefficient (Wildman–Crippen LogP) is 2.84. The lowest BCUT2D eigenvalue weighted by molar-refractivity contribution is 0.806. The molecule has 2 heterocycles. The minimum absolute atomic E-state index is 0.689. The minimum atomic E-state index is 0.689. The molecule has 15 heavy (non-hydrogen) atoms. The molecule has 3 nitrogen and oxygen atoms in total. The molecular formula is C11H16ClN3. The molecule has 0 spiro atoms. The van der Waals surface area contributed by atoms with Crippen molar-refractivity contribution in [3.05, 3.63) is 29.5 Å². The van der Waals surface area contributed by atoms with Gasteiger partial charge in [0.2, 0.25) is 0 Å². The lowest BCUT2D eigenvalue weighted by atomic mass is 10.1. The van der Waals surface area contributed by atoms with Gasteiger partial charge < -0.3 is 5.32 Å². The smallest absolute Gasteiger partial charge is 0.116 e. The SMILES string of the molecule is CCC.Cc1ncnc2c1C(Cl)=CNC2. The highest BCUT2D eigenvalue weighted by molar-refractivity contribution is 6.49. The number of aromatic nitrogens is 2. The van der Waals surface area contributed by atoms with Crippen molar-refractivity contribution >= 4 is 16.6 Å². The second-order valence-electron chi connectivity index (χ2n) is 3.36. The zero-order chi connectivity index (χ0) is 11.3. The summed E-state index contributed by atoms with van der Waals surface area (Å²) in [5.41, 5.74) is 2.87. The molecule has 0 bridgehead atoms. The van der Waals surface area contributed by atoms with Crippen LogP contribution in [0.4, 0.5) is 0 Å². The van der Waals surface area contributed by atoms with Gasteiger partial charge in [0, 0.05) is 17.5 Å². The topological polar surface area (TPSA) is 37.8 Å². The Morgan fingerprint density at radius 2 is 2.07 bits per heavy atom. The molecule has 0 saturated heterocycles. The Morgan fingerprint density at radius 1 is 1.40 bits per heavy atom. The van der Waals surface area contributed by atoms with Gasteiger partial charge in [0.1, 0.15) is 6.33 Å². The molecule has 1 aliphatic heterocycles. The van der Waals surface area contributed by atoms with Crippen molar-refractivity contribution in [2.45, 2.75) is 33.7 Å². The van der Waals surface area contributed by atoms with Crippen LogP contribution in [-0.2, 0) is 6.54 Å². The van der Waals surface area contributed by atoms with E-state index in [0.29, 0.717) is 5.03 Å². The van der Waals surface area contributed by atoms with Gasteiger partial charge in [-0.3, -0.25) is 0 Å². The summed E-state index contributed by atoms with van der Waals surface area (Å²) in [6, 6.07) is 0. The summed E-state index contributed by atoms with van der Waals surface area (Å²) in [7, 11) is 0. The van der Waals surface area contributed by atoms with Crippen LogP contribution in [0.1, 0.15) is 37.2 Å². The van der Waals surface area contributed by atoms with Crippen molar-refractivity contribution in [3.8, 4) is 0 Å². The molecule has 82 valence electrons. The van der Waals surface area contributed by atoms with Crippen LogP contribution < -0.4 is 5.32 Å². The Kier molecular flexibility index (Phi) is 4.56. The summed E-state index contributed by atoms with van der Waals surface area (Å²) < 4.78 is 0. The van der Waals surface area contributed by atoms with Crippen LogP contribution in [0.3, 0.4) is 0 Å². The summed E-state index contributed by atoms with van der Waals surface area (Å²) in [4.78, 5) is 8.21. The van der Waals surface area contributed by atoms with E-state index in [1.807, 2.05) is 6.92 Å². The van der Waals surface area contributed by atoms with Crippen LogP contribution in [0.25, 0.3) is 5.03 Å². The monoisotopic (exact) mass is 225 g/mol. The first kappa shape index (κ1) is 12.0. The Hall–Kier alpha value is -1.09. The molecule has 0 amide bonds. The number of nitrogens with one attached hydrogen (secondary N) is 1. The van der Waals surface area contributed by atoms with Gasteiger partial charge in [-0.15, -0.1) is 0 Å². The van der Waals surface area contributed by atoms with Gasteiger partial charge >= 0.3 is 0 Å². The lowest BCUT2D eigenvalue weighted by Gasteiger charge is -2.14. The van der Waals surface area contributed by atoms with Gasteiger partial charge in [-0.25, -0.2) is 9.97 Å². The van der Waals surface area contributed by atoms with E-state index in [1.165, 1.54) is 6.42 Å². The highest BCUT2D eigenvalue weighted by Crippen LogP contribution is 2.25. The summed E-state index contributed by atoms with van der Waals surface area (Å²) in [6.45, 7) is 6.91. The fraction of sp³-hybridized carbons (Fsp3) is 0.455. The van der Waals surface area contributed by atoms with Gasteiger partial charge in [-0.1, -0.05) is 31.9 Å². The van der Waals surface area contributed by atoms with Gasteiger partial charge in [-0.05, 0) is 6.92 Å². The van der Waals surface area contributed by atoms with Crippen molar-refractivity contribution in [3.63, 3.8) is 0 Å². The molecule has 0 atom stereocenters. The van der Waals surface area contributed by atoms with Gasteiger partial charge in [-0.2, -0.15) is 0 Å². The quantitative estimate of drug-likeness (QED) is 0.738. The van der Waals surface area contributed by atoms with Crippen LogP contribution in [0.5, 0.6) is 0 Å². The van der Waals surface area contributed by atoms with Gasteiger partial charge in [0.15, 0.2) is 0 Å². The maximum atomic E-state index is 5.97. The Balaban J connectivity index is 0.000000337. The van der Waals surface area contributed by atoms with Crippen molar-refractivity contribution < 1.29 is 0 Å². The van der Waals surface area contributed by atoms with Crippen LogP contribution in [-0.4, -0.2) is 9.97 Å². The molecule has 0 fully saturated rings. The number of hydrogen-bond acceptors (Lipinski definition) is 3. The third-order valence-electron chi connectivity index (χ3n) is 1.85. The van der Waals surface area contributed by atoms with Crippen LogP contribution in [0, 0.1) is 6.92 Å². The summed E-state index contributed by atoms with van der Waals surface area (Å²) in [5.74, 6) is 0. The van der Waals surface area contributed by atoms with Crippen molar-refractivity contribution in [2.75, 3.05) is 0 Å². The Bertz CT molecular complexity index is 361. The highest BCUT2D eigenvalue weighted by Gasteiger charge is 2.14. The molecule has 0 saturated carbocycles. The number of halogens is 1. The van der Waals surface area contributed by atoms with Crippen molar-refractivity contribution in [1.82, 2.24) is 15.3 Å². The first-order chi connectivity index (χ1) is 7.20. The van der Waals surface area contributed by atoms with E-state index in [2.05, 4.69) is 29.1 Å². The normalized spacial score (nSPS) is 12.9. The van der Waals surface area contributed by atoms with Crippen LogP contribution in [0.15, 0.2) is 12.5 Å². The van der Waals surface area contributed by atoms with E-state index in [0.717, 1.165) is 23.5 Å². The molecule has 1 N–H and O–H groups in total. The minimum Gasteiger partial charge on any atom is -0.384 e. The van der Waals surface area contributed by atoms with Gasteiger partial charge in [0.05, 0.1) is 17.3 Å². The number of fused-ring (bicyclic) bond motifs is 1. The standard InChI is InChI=1S/C8H8ClN3.C3H8/c1-5-8-6(9)2-10-3-7(8)12-4-11-5;1-3-2/h2,4,10H,3H2,1H3;3H2,1-2H3. The number of aryl methyl sites for hydroxylation is 1. The molecule has 2 rings (SSSR count). The average Bonchev–Trinajstić information content (AvgIpc) is 2.19. The van der Waals surface area contributed by atoms with Crippen molar-refractivity contribution in [2.24, 2.45) is 0 Å². The Labute approximate surface area is 95.6 Å². The van der Waals surface area contributed by atoms with Crippen LogP contribution >= 0.6 is 11.6 Å². The predicted molar refractivity (Wildman–Crippen MR) is 63.4 cm³/mol. The molecule has 1 aromatic rings. The zero-order valence-corrected chi connectivity index (χ0v) is 10.1. The summed E-state index contributed by atoms with van der Waals surface area (Å²) in [6.07, 6.45) is 4.59. The third-order valence-corrected chi connectivity index (χ3v) is 2.15. The van der Waals surface area contributed by atoms with Crippen molar-refractivity contribution in [1.29, 1.82) is 0 Å². The van der Waals surface area contributed by atoms with E-state index < -0.39 is 0 Å². The number of nitrogens with zero attached hydrogens (tertiary/aromatic N) is 2. The molecule has 1 aliphatic rings. The fourth-order valence-electron chi connectivity index (χ4n) is 1.28. The van der Waals surface area contributed by atoms with Gasteiger partial charge in [0.25, 0.3) is 0 Å². The van der Waals surface area contributed by atoms with E-state index in [4.69, 9.17) is 11.6 Å². The van der Waals surface area contributed by atoms with E-state index in [9.17, 15) is 0 Å². The summed E-state index contributed by atoms with van der Waals surface area (Å²) in [5, 5.41) is 3.72. The average molecular weight is 226 g/mol. The zero-order valence-electron chi connectivity index (χ0n) is 9.34. The first-order valence-corrected chi connectivity index (χ1v) is 5.48. The highest BCUT2D eigenvalue weighted by atomic mass is 35.5. The van der Waals surface area contributed by atoms with E-state index in [1.54, 1.807) is 12.5 Å². The maximum absolute atomic E-state index is 5.97. The molecule has 4 heteroatoms. The van der Waals surface area contributed by atoms with E-state index in [-0.39, 0.29) is 0 Å². The third kappa shape index (κ3) is 2.93. The molecule has 0 aliphatic carbocycles. The second kappa shape index (κ2) is 5.71. The lowest BCUT2D eigenvalue weighted by Crippen LogP contribution is -2.15. The summed E-state index contributed by atoms with van der Waals surface area (Å²) >= 11 is 5.97. The maximum Gasteiger partial charge on any atom is 0.116 e. The molecule has 0 aromatic carbocycles. The van der Waals surface area contributed by atoms with Crippen LogP contribution in [0.2, 0.25) is 0 Å². The fourth-order valence-corrected chi connectivity index (χ4v) is 1.60. The van der Waals surface area contributed by atoms with E-state index >= 15 is 0 Å². The Morgan fingerprint density at radius 3 is 2.67 bits per heavy atom. The molecule has 0 unspecified atom stereocenters. The number of rotatable bonds is 0. The second-order valence-corrected chi connectivity index (χ2v) is 3.77. The first-order valence-electron chi connectivity index (χ1n) is 5.10. The number of hydrogen-bond donors (Lipinski definition) is 1. The molecular weight excluding hydrogens is 210 g/mol. The molecule has 1 aromatic heterocycles. The largest absolute Gasteiger partial charge is 0.384 e. The molecule has 0 radical (unpaired) electrons.